The molecule has 0 radical (unpaired) electrons. The molecule has 0 saturated carbocycles. The number of carbonyl (C=O) groups is 2. The van der Waals surface area contributed by atoms with Crippen LogP contribution in [0, 0.1) is 0 Å². The maximum Gasteiger partial charge on any atom is 0.309 e. The summed E-state index contributed by atoms with van der Waals surface area (Å²) in [6, 6.07) is 12.6. The summed E-state index contributed by atoms with van der Waals surface area (Å²) < 4.78 is 2.07. The molecule has 1 aromatic heterocycles. The van der Waals surface area contributed by atoms with E-state index in [9.17, 15) is 9.59 Å². The largest absolute Gasteiger partial charge is 0.353 e. The van der Waals surface area contributed by atoms with Crippen molar-refractivity contribution in [3.63, 3.8) is 0 Å². The van der Waals surface area contributed by atoms with Crippen molar-refractivity contribution in [3.8, 4) is 0 Å². The molecule has 0 spiro atoms. The number of hydrogen-bond donors (Lipinski definition) is 2. The van der Waals surface area contributed by atoms with Gasteiger partial charge in [0.1, 0.15) is 0 Å². The lowest BCUT2D eigenvalue weighted by Gasteiger charge is -2.36. The van der Waals surface area contributed by atoms with E-state index in [1.165, 1.54) is 18.2 Å². The van der Waals surface area contributed by atoms with Crippen LogP contribution in [0.4, 0.5) is 0 Å². The summed E-state index contributed by atoms with van der Waals surface area (Å²) in [5.41, 5.74) is 3.83. The van der Waals surface area contributed by atoms with Crippen molar-refractivity contribution < 1.29 is 9.59 Å². The maximum absolute atomic E-state index is 11.9. The molecule has 2 amide bonds. The van der Waals surface area contributed by atoms with Gasteiger partial charge in [-0.3, -0.25) is 14.5 Å². The molecule has 2 aromatic rings. The van der Waals surface area contributed by atoms with Crippen molar-refractivity contribution in [2.45, 2.75) is 19.0 Å². The molecule has 1 aliphatic heterocycles. The molecule has 132 valence electrons. The summed E-state index contributed by atoms with van der Waals surface area (Å²) in [4.78, 5) is 25.7. The van der Waals surface area contributed by atoms with Crippen LogP contribution in [0.1, 0.15) is 22.9 Å². The minimum absolute atomic E-state index is 0.0157. The number of hydrogen-bond acceptors (Lipinski definition) is 3. The molecular weight excluding hydrogens is 316 g/mol. The second-order valence-corrected chi connectivity index (χ2v) is 6.34. The Balaban J connectivity index is 1.79. The summed E-state index contributed by atoms with van der Waals surface area (Å²) in [6.07, 6.45) is 2.99. The van der Waals surface area contributed by atoms with Gasteiger partial charge in [0.05, 0.1) is 6.04 Å². The van der Waals surface area contributed by atoms with Crippen molar-refractivity contribution in [1.82, 2.24) is 20.1 Å². The number of amides is 2. The Morgan fingerprint density at radius 1 is 1.12 bits per heavy atom. The Kier molecular flexibility index (Phi) is 5.19. The molecule has 3 rings (SSSR count). The number of aromatic nitrogens is 1. The van der Waals surface area contributed by atoms with Gasteiger partial charge in [0.25, 0.3) is 0 Å². The van der Waals surface area contributed by atoms with E-state index in [4.69, 9.17) is 0 Å². The third kappa shape index (κ3) is 3.74. The first-order chi connectivity index (χ1) is 12.1. The van der Waals surface area contributed by atoms with Crippen molar-refractivity contribution in [2.75, 3.05) is 20.1 Å². The van der Waals surface area contributed by atoms with Gasteiger partial charge in [-0.15, -0.1) is 0 Å². The fourth-order valence-electron chi connectivity index (χ4n) is 3.41. The predicted molar refractivity (Wildman–Crippen MR) is 95.8 cm³/mol. The van der Waals surface area contributed by atoms with E-state index in [1.807, 2.05) is 19.3 Å². The first-order valence-corrected chi connectivity index (χ1v) is 8.52. The first kappa shape index (κ1) is 17.2. The van der Waals surface area contributed by atoms with Gasteiger partial charge in [0, 0.05) is 45.6 Å². The van der Waals surface area contributed by atoms with Crippen LogP contribution >= 0.6 is 0 Å². The summed E-state index contributed by atoms with van der Waals surface area (Å²) in [5, 5.41) is 5.12. The molecule has 6 nitrogen and oxygen atoms in total. The lowest BCUT2D eigenvalue weighted by Crippen LogP contribution is -2.44. The number of fused-ring (bicyclic) bond motifs is 1. The average molecular weight is 340 g/mol. The highest BCUT2D eigenvalue weighted by Gasteiger charge is 2.27. The van der Waals surface area contributed by atoms with Gasteiger partial charge in [0.2, 0.25) is 0 Å². The van der Waals surface area contributed by atoms with Crippen LogP contribution in [-0.2, 0) is 29.6 Å². The van der Waals surface area contributed by atoms with Gasteiger partial charge in [-0.05, 0) is 29.7 Å². The molecule has 1 unspecified atom stereocenters. The standard InChI is InChI=1S/C19H24N4O2/c1-20-18(24)19(25)21-12-17(16-8-5-10-22(16)2)23-11-9-14-6-3-4-7-15(14)13-23/h3-8,10,17H,9,11-13H2,1-2H3,(H,20,24)(H,21,25). The number of aryl methyl sites for hydroxylation is 1. The normalized spacial score (nSPS) is 15.3. The van der Waals surface area contributed by atoms with Crippen LogP contribution in [0.15, 0.2) is 42.6 Å². The van der Waals surface area contributed by atoms with Gasteiger partial charge in [-0.1, -0.05) is 24.3 Å². The molecule has 6 heteroatoms. The van der Waals surface area contributed by atoms with Crippen molar-refractivity contribution >= 4 is 11.8 Å². The van der Waals surface area contributed by atoms with Crippen LogP contribution in [0.5, 0.6) is 0 Å². The van der Waals surface area contributed by atoms with Gasteiger partial charge in [-0.25, -0.2) is 0 Å². The van der Waals surface area contributed by atoms with Crippen LogP contribution in [-0.4, -0.2) is 41.4 Å². The summed E-state index contributed by atoms with van der Waals surface area (Å²) in [5.74, 6) is -1.21. The molecule has 0 bridgehead atoms. The number of benzene rings is 1. The highest BCUT2D eigenvalue weighted by Crippen LogP contribution is 2.27. The lowest BCUT2D eigenvalue weighted by atomic mass is 9.98. The van der Waals surface area contributed by atoms with Crippen LogP contribution in [0.25, 0.3) is 0 Å². The van der Waals surface area contributed by atoms with Gasteiger partial charge < -0.3 is 15.2 Å². The molecule has 1 atom stereocenters. The second kappa shape index (κ2) is 7.53. The smallest absolute Gasteiger partial charge is 0.309 e. The van der Waals surface area contributed by atoms with Crippen molar-refractivity contribution in [3.05, 3.63) is 59.4 Å². The Bertz CT molecular complexity index is 768. The molecular formula is C19H24N4O2. The number of nitrogens with zero attached hydrogens (tertiary/aromatic N) is 2. The van der Waals surface area contributed by atoms with Crippen LogP contribution in [0.3, 0.4) is 0 Å². The molecule has 25 heavy (non-hydrogen) atoms. The fourth-order valence-corrected chi connectivity index (χ4v) is 3.41. The van der Waals surface area contributed by atoms with E-state index in [2.05, 4.69) is 50.4 Å². The number of rotatable bonds is 4. The first-order valence-electron chi connectivity index (χ1n) is 8.52. The van der Waals surface area contributed by atoms with Crippen LogP contribution in [0.2, 0.25) is 0 Å². The third-order valence-electron chi connectivity index (χ3n) is 4.82. The van der Waals surface area contributed by atoms with Gasteiger partial charge >= 0.3 is 11.8 Å². The lowest BCUT2D eigenvalue weighted by molar-refractivity contribution is -0.139. The molecule has 0 fully saturated rings. The molecule has 1 aliphatic rings. The minimum Gasteiger partial charge on any atom is -0.353 e. The summed E-state index contributed by atoms with van der Waals surface area (Å²) in [6.45, 7) is 2.15. The van der Waals surface area contributed by atoms with E-state index in [1.54, 1.807) is 0 Å². The van der Waals surface area contributed by atoms with E-state index < -0.39 is 11.8 Å². The van der Waals surface area contributed by atoms with Gasteiger partial charge in [0.15, 0.2) is 0 Å². The molecule has 2 N–H and O–H groups in total. The topological polar surface area (TPSA) is 66.4 Å². The van der Waals surface area contributed by atoms with Crippen LogP contribution < -0.4 is 10.6 Å². The van der Waals surface area contributed by atoms with Gasteiger partial charge in [-0.2, -0.15) is 0 Å². The van der Waals surface area contributed by atoms with Crippen molar-refractivity contribution in [1.29, 1.82) is 0 Å². The maximum atomic E-state index is 11.9. The number of carbonyl (C=O) groups excluding carboxylic acids is 2. The highest BCUT2D eigenvalue weighted by molar-refractivity contribution is 6.35. The average Bonchev–Trinajstić information content (AvgIpc) is 3.06. The fraction of sp³-hybridized carbons (Fsp3) is 0.368. The van der Waals surface area contributed by atoms with E-state index >= 15 is 0 Å². The SMILES string of the molecule is CNC(=O)C(=O)NCC(c1cccn1C)N1CCc2ccccc2C1. The molecule has 0 aliphatic carbocycles. The Morgan fingerprint density at radius 3 is 2.56 bits per heavy atom. The second-order valence-electron chi connectivity index (χ2n) is 6.34. The third-order valence-corrected chi connectivity index (χ3v) is 4.82. The number of nitrogens with one attached hydrogen (secondary N) is 2. The Morgan fingerprint density at radius 2 is 1.88 bits per heavy atom. The highest BCUT2D eigenvalue weighted by atomic mass is 16.2. The molecule has 1 aromatic carbocycles. The Labute approximate surface area is 147 Å². The zero-order valence-corrected chi connectivity index (χ0v) is 14.7. The minimum atomic E-state index is -0.616. The number of likely N-dealkylation sites (N-methyl/N-ethyl adjacent to an activating group) is 1. The van der Waals surface area contributed by atoms with E-state index in [-0.39, 0.29) is 6.04 Å². The van der Waals surface area contributed by atoms with Crippen molar-refractivity contribution in [2.24, 2.45) is 7.05 Å². The molecule has 0 saturated heterocycles. The summed E-state index contributed by atoms with van der Waals surface area (Å²) >= 11 is 0. The zero-order chi connectivity index (χ0) is 17.8. The van der Waals surface area contributed by atoms with E-state index in [0.29, 0.717) is 6.54 Å². The zero-order valence-electron chi connectivity index (χ0n) is 14.7. The Hall–Kier alpha value is -2.60. The quantitative estimate of drug-likeness (QED) is 0.816. The monoisotopic (exact) mass is 340 g/mol. The molecule has 2 heterocycles. The van der Waals surface area contributed by atoms with E-state index in [0.717, 1.165) is 25.2 Å². The predicted octanol–water partition coefficient (Wildman–Crippen LogP) is 0.987. The summed E-state index contributed by atoms with van der Waals surface area (Å²) in [7, 11) is 3.46.